The van der Waals surface area contributed by atoms with Crippen LogP contribution in [0.5, 0.6) is 0 Å². The lowest BCUT2D eigenvalue weighted by Gasteiger charge is -2.19. The summed E-state index contributed by atoms with van der Waals surface area (Å²) in [6.07, 6.45) is 7.64. The monoisotopic (exact) mass is 268 g/mol. The predicted octanol–water partition coefficient (Wildman–Crippen LogP) is 3.08. The Labute approximate surface area is 119 Å². The molecule has 20 heavy (non-hydrogen) atoms. The molecule has 2 aromatic heterocycles. The molecule has 0 atom stereocenters. The van der Waals surface area contributed by atoms with Gasteiger partial charge in [0.2, 0.25) is 0 Å². The molecule has 0 bridgehead atoms. The minimum atomic E-state index is 0.756. The van der Waals surface area contributed by atoms with Gasteiger partial charge in [-0.15, -0.1) is 0 Å². The summed E-state index contributed by atoms with van der Waals surface area (Å²) >= 11 is 0. The van der Waals surface area contributed by atoms with Crippen LogP contribution in [0.15, 0.2) is 30.6 Å². The maximum absolute atomic E-state index is 4.68. The van der Waals surface area contributed by atoms with E-state index in [0.29, 0.717) is 0 Å². The van der Waals surface area contributed by atoms with E-state index in [1.165, 1.54) is 19.3 Å². The van der Waals surface area contributed by atoms with Gasteiger partial charge >= 0.3 is 0 Å². The molecule has 0 saturated heterocycles. The van der Waals surface area contributed by atoms with Crippen LogP contribution in [-0.4, -0.2) is 28.5 Å². The van der Waals surface area contributed by atoms with Gasteiger partial charge < -0.3 is 4.90 Å². The summed E-state index contributed by atoms with van der Waals surface area (Å²) in [4.78, 5) is 15.6. The van der Waals surface area contributed by atoms with Crippen LogP contribution in [-0.2, 0) is 0 Å². The van der Waals surface area contributed by atoms with Gasteiger partial charge in [-0.1, -0.05) is 12.8 Å². The molecule has 0 N–H and O–H groups in total. The van der Waals surface area contributed by atoms with Crippen molar-refractivity contribution >= 4 is 5.82 Å². The number of anilines is 1. The molecule has 0 radical (unpaired) electrons. The van der Waals surface area contributed by atoms with E-state index in [2.05, 4.69) is 26.9 Å². The lowest BCUT2D eigenvalue weighted by molar-refractivity contribution is 0.705. The molecule has 1 aliphatic carbocycles. The molecule has 4 heteroatoms. The Morgan fingerprint density at radius 2 is 2.15 bits per heavy atom. The summed E-state index contributed by atoms with van der Waals surface area (Å²) < 4.78 is 0. The van der Waals surface area contributed by atoms with E-state index in [4.69, 9.17) is 0 Å². The van der Waals surface area contributed by atoms with Crippen LogP contribution in [0.2, 0.25) is 0 Å². The molecule has 4 nitrogen and oxygen atoms in total. The SMILES string of the molecule is Cc1cc(N(C)CCC2CC2)nc(-c2cccnc2)n1. The number of nitrogens with zero attached hydrogens (tertiary/aromatic N) is 4. The number of hydrogen-bond acceptors (Lipinski definition) is 4. The van der Waals surface area contributed by atoms with Crippen molar-refractivity contribution in [2.75, 3.05) is 18.5 Å². The zero-order valence-corrected chi connectivity index (χ0v) is 12.1. The summed E-state index contributed by atoms with van der Waals surface area (Å²) in [6, 6.07) is 5.96. The van der Waals surface area contributed by atoms with E-state index < -0.39 is 0 Å². The second kappa shape index (κ2) is 5.57. The minimum absolute atomic E-state index is 0.756. The quantitative estimate of drug-likeness (QED) is 0.835. The van der Waals surface area contributed by atoms with Gasteiger partial charge in [-0.3, -0.25) is 4.98 Å². The Balaban J connectivity index is 1.82. The molecule has 0 aliphatic heterocycles. The first kappa shape index (κ1) is 13.0. The zero-order valence-electron chi connectivity index (χ0n) is 12.1. The third-order valence-electron chi connectivity index (χ3n) is 3.72. The van der Waals surface area contributed by atoms with Crippen molar-refractivity contribution < 1.29 is 0 Å². The fourth-order valence-corrected chi connectivity index (χ4v) is 2.27. The van der Waals surface area contributed by atoms with Crippen molar-refractivity contribution in [3.63, 3.8) is 0 Å². The molecule has 1 saturated carbocycles. The average Bonchev–Trinajstić information content (AvgIpc) is 3.29. The standard InChI is InChI=1S/C16H20N4/c1-12-10-15(20(2)9-7-13-5-6-13)19-16(18-12)14-4-3-8-17-11-14/h3-4,8,10-11,13H,5-7,9H2,1-2H3. The molecule has 1 aliphatic rings. The first-order valence-corrected chi connectivity index (χ1v) is 7.19. The first-order valence-electron chi connectivity index (χ1n) is 7.19. The maximum Gasteiger partial charge on any atom is 0.163 e. The molecule has 0 amide bonds. The van der Waals surface area contributed by atoms with Crippen LogP contribution < -0.4 is 4.90 Å². The summed E-state index contributed by atoms with van der Waals surface area (Å²) in [6.45, 7) is 3.08. The highest BCUT2D eigenvalue weighted by Gasteiger charge is 2.21. The van der Waals surface area contributed by atoms with Crippen molar-refractivity contribution in [2.24, 2.45) is 5.92 Å². The van der Waals surface area contributed by atoms with Gasteiger partial charge in [0.15, 0.2) is 5.82 Å². The summed E-state index contributed by atoms with van der Waals surface area (Å²) in [5.74, 6) is 2.70. The third-order valence-corrected chi connectivity index (χ3v) is 3.72. The first-order chi connectivity index (χ1) is 9.72. The van der Waals surface area contributed by atoms with Crippen LogP contribution in [0.3, 0.4) is 0 Å². The number of rotatable bonds is 5. The highest BCUT2D eigenvalue weighted by atomic mass is 15.2. The Kier molecular flexibility index (Phi) is 3.63. The summed E-state index contributed by atoms with van der Waals surface area (Å²) in [5.41, 5.74) is 1.96. The van der Waals surface area contributed by atoms with Crippen molar-refractivity contribution in [3.05, 3.63) is 36.3 Å². The van der Waals surface area contributed by atoms with Gasteiger partial charge in [0.25, 0.3) is 0 Å². The Morgan fingerprint density at radius 3 is 2.85 bits per heavy atom. The lowest BCUT2D eigenvalue weighted by Crippen LogP contribution is -2.20. The number of pyridine rings is 1. The third kappa shape index (κ3) is 3.13. The molecule has 0 unspecified atom stereocenters. The van der Waals surface area contributed by atoms with E-state index in [1.807, 2.05) is 31.3 Å². The van der Waals surface area contributed by atoms with Crippen molar-refractivity contribution in [2.45, 2.75) is 26.2 Å². The minimum Gasteiger partial charge on any atom is -0.360 e. The maximum atomic E-state index is 4.68. The lowest BCUT2D eigenvalue weighted by atomic mass is 10.2. The van der Waals surface area contributed by atoms with Crippen molar-refractivity contribution in [1.82, 2.24) is 15.0 Å². The second-order valence-electron chi connectivity index (χ2n) is 5.59. The van der Waals surface area contributed by atoms with Gasteiger partial charge in [0, 0.05) is 43.3 Å². The Morgan fingerprint density at radius 1 is 1.30 bits per heavy atom. The van der Waals surface area contributed by atoms with Gasteiger partial charge in [-0.25, -0.2) is 9.97 Å². The molecule has 2 heterocycles. The molecule has 0 aromatic carbocycles. The van der Waals surface area contributed by atoms with Crippen LogP contribution >= 0.6 is 0 Å². The molecule has 2 aromatic rings. The topological polar surface area (TPSA) is 41.9 Å². The fraction of sp³-hybridized carbons (Fsp3) is 0.438. The molecule has 0 spiro atoms. The van der Waals surface area contributed by atoms with E-state index in [0.717, 1.165) is 35.4 Å². The molecule has 104 valence electrons. The fourth-order valence-electron chi connectivity index (χ4n) is 2.27. The van der Waals surface area contributed by atoms with Crippen molar-refractivity contribution in [1.29, 1.82) is 0 Å². The largest absolute Gasteiger partial charge is 0.360 e. The molecular formula is C16H20N4. The van der Waals surface area contributed by atoms with Crippen LogP contribution in [0, 0.1) is 12.8 Å². The van der Waals surface area contributed by atoms with Crippen molar-refractivity contribution in [3.8, 4) is 11.4 Å². The predicted molar refractivity (Wildman–Crippen MR) is 80.6 cm³/mol. The highest BCUT2D eigenvalue weighted by Crippen LogP contribution is 2.32. The number of aryl methyl sites for hydroxylation is 1. The van der Waals surface area contributed by atoms with Crippen LogP contribution in [0.1, 0.15) is 25.0 Å². The van der Waals surface area contributed by atoms with Crippen LogP contribution in [0.25, 0.3) is 11.4 Å². The highest BCUT2D eigenvalue weighted by molar-refractivity contribution is 5.56. The van der Waals surface area contributed by atoms with Gasteiger partial charge in [-0.05, 0) is 31.4 Å². The normalized spacial score (nSPS) is 14.3. The van der Waals surface area contributed by atoms with E-state index >= 15 is 0 Å². The number of hydrogen-bond donors (Lipinski definition) is 0. The average molecular weight is 268 g/mol. The van der Waals surface area contributed by atoms with Gasteiger partial charge in [0.1, 0.15) is 5.82 Å². The number of aromatic nitrogens is 3. The summed E-state index contributed by atoms with van der Waals surface area (Å²) in [7, 11) is 2.11. The molecular weight excluding hydrogens is 248 g/mol. The molecule has 1 fully saturated rings. The smallest absolute Gasteiger partial charge is 0.163 e. The van der Waals surface area contributed by atoms with Gasteiger partial charge in [-0.2, -0.15) is 0 Å². The van der Waals surface area contributed by atoms with E-state index in [9.17, 15) is 0 Å². The van der Waals surface area contributed by atoms with E-state index in [-0.39, 0.29) is 0 Å². The second-order valence-corrected chi connectivity index (χ2v) is 5.59. The Bertz CT molecular complexity index is 578. The Hall–Kier alpha value is -1.97. The van der Waals surface area contributed by atoms with E-state index in [1.54, 1.807) is 6.20 Å². The summed E-state index contributed by atoms with van der Waals surface area (Å²) in [5, 5.41) is 0. The van der Waals surface area contributed by atoms with Gasteiger partial charge in [0.05, 0.1) is 0 Å². The zero-order chi connectivity index (χ0) is 13.9. The van der Waals surface area contributed by atoms with Crippen LogP contribution in [0.4, 0.5) is 5.82 Å². The molecule has 3 rings (SSSR count).